The molecule has 0 amide bonds. The summed E-state index contributed by atoms with van der Waals surface area (Å²) in [6, 6.07) is 2.16. The van der Waals surface area contributed by atoms with Crippen LogP contribution in [0.4, 0.5) is 18.9 Å². The van der Waals surface area contributed by atoms with Crippen molar-refractivity contribution in [3.05, 3.63) is 29.3 Å². The smallest absolute Gasteiger partial charge is 0.416 e. The van der Waals surface area contributed by atoms with E-state index in [0.29, 0.717) is 12.1 Å². The maximum absolute atomic E-state index is 12.7. The lowest BCUT2D eigenvalue weighted by Crippen LogP contribution is -2.24. The SMILES string of the molecule is CCOC(=O)c1ccc(C(F)(F)F)cc1NS(=O)(=O)C(C)C. The fraction of sp³-hybridized carbons (Fsp3) is 0.462. The molecular formula is C13H16F3NO4S. The Morgan fingerprint density at radius 3 is 2.36 bits per heavy atom. The van der Waals surface area contributed by atoms with E-state index in [-0.39, 0.29) is 12.2 Å². The maximum atomic E-state index is 12.7. The van der Waals surface area contributed by atoms with E-state index < -0.39 is 38.7 Å². The number of alkyl halides is 3. The minimum absolute atomic E-state index is 0.0101. The highest BCUT2D eigenvalue weighted by Gasteiger charge is 2.32. The Balaban J connectivity index is 3.38. The third kappa shape index (κ3) is 4.36. The van der Waals surface area contributed by atoms with Gasteiger partial charge < -0.3 is 4.74 Å². The van der Waals surface area contributed by atoms with Crippen molar-refractivity contribution in [1.29, 1.82) is 0 Å². The Bertz CT molecular complexity index is 654. The predicted octanol–water partition coefficient (Wildman–Crippen LogP) is 3.03. The lowest BCUT2D eigenvalue weighted by molar-refractivity contribution is -0.137. The van der Waals surface area contributed by atoms with Crippen molar-refractivity contribution >= 4 is 21.7 Å². The van der Waals surface area contributed by atoms with E-state index in [9.17, 15) is 26.4 Å². The van der Waals surface area contributed by atoms with Crippen LogP contribution in [0.3, 0.4) is 0 Å². The zero-order valence-electron chi connectivity index (χ0n) is 12.2. The Morgan fingerprint density at radius 1 is 1.32 bits per heavy atom. The van der Waals surface area contributed by atoms with Crippen LogP contribution in [0.25, 0.3) is 0 Å². The van der Waals surface area contributed by atoms with Crippen LogP contribution in [0.2, 0.25) is 0 Å². The lowest BCUT2D eigenvalue weighted by atomic mass is 10.1. The molecule has 0 fully saturated rings. The highest BCUT2D eigenvalue weighted by molar-refractivity contribution is 7.93. The molecule has 0 radical (unpaired) electrons. The fourth-order valence-corrected chi connectivity index (χ4v) is 2.17. The van der Waals surface area contributed by atoms with Gasteiger partial charge in [-0.15, -0.1) is 0 Å². The van der Waals surface area contributed by atoms with E-state index in [2.05, 4.69) is 0 Å². The van der Waals surface area contributed by atoms with E-state index in [1.165, 1.54) is 20.8 Å². The van der Waals surface area contributed by atoms with Gasteiger partial charge in [-0.3, -0.25) is 4.72 Å². The Morgan fingerprint density at radius 2 is 1.91 bits per heavy atom. The second-order valence-corrected chi connectivity index (χ2v) is 6.91. The van der Waals surface area contributed by atoms with Crippen molar-refractivity contribution in [3.8, 4) is 0 Å². The first-order valence-corrected chi connectivity index (χ1v) is 7.93. The van der Waals surface area contributed by atoms with Crippen molar-refractivity contribution in [1.82, 2.24) is 0 Å². The standard InChI is InChI=1S/C13H16F3NO4S/c1-4-21-12(18)10-6-5-9(13(14,15)16)7-11(10)17-22(19,20)8(2)3/h5-8,17H,4H2,1-3H3. The number of halogens is 3. The molecule has 5 nitrogen and oxygen atoms in total. The molecule has 1 rings (SSSR count). The first-order chi connectivity index (χ1) is 9.99. The molecule has 0 spiro atoms. The molecule has 0 aliphatic rings. The van der Waals surface area contributed by atoms with E-state index in [4.69, 9.17) is 4.74 Å². The summed E-state index contributed by atoms with van der Waals surface area (Å²) in [5, 5.41) is -0.878. The van der Waals surface area contributed by atoms with Crippen LogP contribution in [-0.2, 0) is 20.9 Å². The molecule has 0 unspecified atom stereocenters. The molecule has 0 heterocycles. The van der Waals surface area contributed by atoms with Gasteiger partial charge in [0.15, 0.2) is 0 Å². The van der Waals surface area contributed by atoms with Gasteiger partial charge in [0.1, 0.15) is 0 Å². The largest absolute Gasteiger partial charge is 0.462 e. The fourth-order valence-electron chi connectivity index (χ4n) is 1.46. The minimum Gasteiger partial charge on any atom is -0.462 e. The average molecular weight is 339 g/mol. The summed E-state index contributed by atoms with van der Waals surface area (Å²) in [5.74, 6) is -0.905. The molecule has 0 aromatic heterocycles. The molecule has 0 bridgehead atoms. The summed E-state index contributed by atoms with van der Waals surface area (Å²) in [6.45, 7) is 4.26. The van der Waals surface area contributed by atoms with Crippen molar-refractivity contribution < 1.29 is 31.1 Å². The molecule has 0 aliphatic heterocycles. The maximum Gasteiger partial charge on any atom is 0.416 e. The summed E-state index contributed by atoms with van der Waals surface area (Å²) in [5.41, 5.74) is -1.80. The quantitative estimate of drug-likeness (QED) is 0.837. The number of anilines is 1. The van der Waals surface area contributed by atoms with Crippen molar-refractivity contribution in [2.75, 3.05) is 11.3 Å². The topological polar surface area (TPSA) is 72.5 Å². The second-order valence-electron chi connectivity index (χ2n) is 4.67. The van der Waals surface area contributed by atoms with Crippen molar-refractivity contribution in [3.63, 3.8) is 0 Å². The number of nitrogens with one attached hydrogen (secondary N) is 1. The number of sulfonamides is 1. The number of rotatable bonds is 5. The van der Waals surface area contributed by atoms with Crippen LogP contribution in [0, 0.1) is 0 Å². The predicted molar refractivity (Wildman–Crippen MR) is 75.1 cm³/mol. The van der Waals surface area contributed by atoms with E-state index >= 15 is 0 Å². The van der Waals surface area contributed by atoms with Gasteiger partial charge in [-0.05, 0) is 39.0 Å². The normalized spacial score (nSPS) is 12.3. The van der Waals surface area contributed by atoms with Gasteiger partial charge in [0.25, 0.3) is 0 Å². The zero-order chi connectivity index (χ0) is 17.1. The number of ether oxygens (including phenoxy) is 1. The number of hydrogen-bond acceptors (Lipinski definition) is 4. The molecule has 1 aromatic rings. The third-order valence-electron chi connectivity index (χ3n) is 2.72. The molecule has 124 valence electrons. The molecular weight excluding hydrogens is 323 g/mol. The van der Waals surface area contributed by atoms with Gasteiger partial charge in [-0.25, -0.2) is 13.2 Å². The van der Waals surface area contributed by atoms with Gasteiger partial charge in [0.2, 0.25) is 10.0 Å². The molecule has 0 atom stereocenters. The molecule has 1 aromatic carbocycles. The van der Waals surface area contributed by atoms with Gasteiger partial charge in [-0.1, -0.05) is 0 Å². The van der Waals surface area contributed by atoms with Crippen LogP contribution in [0.1, 0.15) is 36.7 Å². The number of carbonyl (C=O) groups excluding carboxylic acids is 1. The van der Waals surface area contributed by atoms with Gasteiger partial charge in [-0.2, -0.15) is 13.2 Å². The monoisotopic (exact) mass is 339 g/mol. The Labute approximate surface area is 126 Å². The van der Waals surface area contributed by atoms with E-state index in [1.807, 2.05) is 4.72 Å². The number of carbonyl (C=O) groups is 1. The summed E-state index contributed by atoms with van der Waals surface area (Å²) >= 11 is 0. The van der Waals surface area contributed by atoms with Crippen LogP contribution in [-0.4, -0.2) is 26.2 Å². The summed E-state index contributed by atoms with van der Waals surface area (Å²) < 4.78 is 68.7. The second kappa shape index (κ2) is 6.55. The van der Waals surface area contributed by atoms with Gasteiger partial charge >= 0.3 is 12.1 Å². The number of hydrogen-bond donors (Lipinski definition) is 1. The summed E-state index contributed by atoms with van der Waals surface area (Å²) in [7, 11) is -3.91. The van der Waals surface area contributed by atoms with Gasteiger partial charge in [0.05, 0.1) is 28.7 Å². The average Bonchev–Trinajstić information content (AvgIpc) is 2.37. The molecule has 0 saturated carbocycles. The number of esters is 1. The zero-order valence-corrected chi connectivity index (χ0v) is 13.0. The molecule has 1 N–H and O–H groups in total. The Kier molecular flexibility index (Phi) is 5.44. The molecule has 0 saturated heterocycles. The van der Waals surface area contributed by atoms with Crippen LogP contribution in [0.15, 0.2) is 18.2 Å². The lowest BCUT2D eigenvalue weighted by Gasteiger charge is -2.16. The van der Waals surface area contributed by atoms with Crippen LogP contribution in [0.5, 0.6) is 0 Å². The van der Waals surface area contributed by atoms with Crippen LogP contribution >= 0.6 is 0 Å². The molecule has 0 aliphatic carbocycles. The highest BCUT2D eigenvalue weighted by Crippen LogP contribution is 2.33. The van der Waals surface area contributed by atoms with Crippen molar-refractivity contribution in [2.24, 2.45) is 0 Å². The minimum atomic E-state index is -4.66. The number of benzene rings is 1. The van der Waals surface area contributed by atoms with E-state index in [1.54, 1.807) is 0 Å². The first-order valence-electron chi connectivity index (χ1n) is 6.39. The summed E-state index contributed by atoms with van der Waals surface area (Å²) in [6.07, 6.45) is -4.66. The highest BCUT2D eigenvalue weighted by atomic mass is 32.2. The molecule has 9 heteroatoms. The third-order valence-corrected chi connectivity index (χ3v) is 4.46. The van der Waals surface area contributed by atoms with Crippen LogP contribution < -0.4 is 4.72 Å². The summed E-state index contributed by atoms with van der Waals surface area (Å²) in [4.78, 5) is 11.7. The van der Waals surface area contributed by atoms with E-state index in [0.717, 1.165) is 6.07 Å². The van der Waals surface area contributed by atoms with Crippen molar-refractivity contribution in [2.45, 2.75) is 32.2 Å². The van der Waals surface area contributed by atoms with Gasteiger partial charge in [0, 0.05) is 0 Å². The molecule has 22 heavy (non-hydrogen) atoms. The first kappa shape index (κ1) is 18.3. The Hall–Kier alpha value is -1.77.